The highest BCUT2D eigenvalue weighted by atomic mass is 16.7. The molecule has 0 saturated carbocycles. The van der Waals surface area contributed by atoms with Crippen LogP contribution in [-0.2, 0) is 19.0 Å². The third-order valence-corrected chi connectivity index (χ3v) is 8.36. The Balaban J connectivity index is 1.35. The first kappa shape index (κ1) is 35.6. The van der Waals surface area contributed by atoms with E-state index in [-0.39, 0.29) is 34.2 Å². The predicted molar refractivity (Wildman–Crippen MR) is 174 cm³/mol. The second-order valence-corrected chi connectivity index (χ2v) is 11.9. The molecule has 6 rings (SSSR count). The minimum absolute atomic E-state index is 0.0220. The molecule has 16 nitrogen and oxygen atoms in total. The van der Waals surface area contributed by atoms with Gasteiger partial charge in [0.25, 0.3) is 0 Å². The molecule has 0 spiro atoms. The number of benzene rings is 3. The summed E-state index contributed by atoms with van der Waals surface area (Å²) in [5.74, 6) is -2.69. The molecule has 2 aliphatic heterocycles. The molecule has 0 aliphatic carbocycles. The van der Waals surface area contributed by atoms with Crippen molar-refractivity contribution < 1.29 is 73.7 Å². The lowest BCUT2D eigenvalue weighted by molar-refractivity contribution is -0.268. The van der Waals surface area contributed by atoms with E-state index in [1.54, 1.807) is 0 Å². The van der Waals surface area contributed by atoms with Gasteiger partial charge in [-0.05, 0) is 55.0 Å². The molecule has 3 heterocycles. The minimum Gasteiger partial charge on any atom is -0.508 e. The van der Waals surface area contributed by atoms with E-state index >= 15 is 0 Å². The summed E-state index contributed by atoms with van der Waals surface area (Å²) in [5.41, 5.74) is -0.463. The molecule has 1 aromatic heterocycles. The predicted octanol–water partition coefficient (Wildman–Crippen LogP) is 0.865. The van der Waals surface area contributed by atoms with Crippen molar-refractivity contribution >= 4 is 23.0 Å². The van der Waals surface area contributed by atoms with Gasteiger partial charge in [0.2, 0.25) is 23.8 Å². The number of phenolic OH excluding ortho intramolecular Hbond substituents is 3. The molecule has 3 aromatic carbocycles. The number of aliphatic hydroxyl groups is 5. The Kier molecular flexibility index (Phi) is 10.2. The summed E-state index contributed by atoms with van der Waals surface area (Å²) in [6, 6.07) is 13.5. The van der Waals surface area contributed by atoms with Crippen molar-refractivity contribution in [2.24, 2.45) is 0 Å². The third-order valence-electron chi connectivity index (χ3n) is 8.36. The molecule has 0 radical (unpaired) electrons. The number of hydrogen-bond acceptors (Lipinski definition) is 16. The highest BCUT2D eigenvalue weighted by Crippen LogP contribution is 2.39. The highest BCUT2D eigenvalue weighted by molar-refractivity contribution is 5.89. The van der Waals surface area contributed by atoms with Crippen molar-refractivity contribution in [3.05, 3.63) is 82.5 Å². The van der Waals surface area contributed by atoms with Gasteiger partial charge in [-0.15, -0.1) is 0 Å². The largest absolute Gasteiger partial charge is 0.508 e. The second kappa shape index (κ2) is 14.6. The Morgan fingerprint density at radius 1 is 0.824 bits per heavy atom. The number of rotatable bonds is 9. The van der Waals surface area contributed by atoms with Gasteiger partial charge in [0.1, 0.15) is 64.5 Å². The Hall–Kier alpha value is -5.20. The first-order valence-electron chi connectivity index (χ1n) is 15.6. The van der Waals surface area contributed by atoms with E-state index in [2.05, 4.69) is 0 Å². The van der Waals surface area contributed by atoms with Gasteiger partial charge in [-0.25, -0.2) is 4.79 Å². The number of aliphatic hydroxyl groups excluding tert-OH is 5. The van der Waals surface area contributed by atoms with Crippen LogP contribution in [0.3, 0.4) is 0 Å². The summed E-state index contributed by atoms with van der Waals surface area (Å²) >= 11 is 0. The normalized spacial score (nSPS) is 27.8. The lowest BCUT2D eigenvalue weighted by Crippen LogP contribution is -2.58. The fraction of sp³-hybridized carbons (Fsp3) is 0.314. The molecular weight excluding hydrogens is 676 g/mol. The number of ether oxygens (including phenoxy) is 5. The standard InChI is InChI=1S/C35H34O16/c1-15-26(41)29(44)30(45)34(46-15)47-20-12-21(39)25-22(13-20)48-31(17-5-9-19(38)10-6-17)32(28(25)43)51-35-33(27(42)23(14-36)49-35)50-24(40)11-4-16-2-7-18(37)8-3-16/h2-13,15,23,26-27,29-30,33-39,41-42,44-45H,14H2,1H3. The number of esters is 1. The quantitative estimate of drug-likeness (QED) is 0.0886. The van der Waals surface area contributed by atoms with E-state index in [0.29, 0.717) is 5.56 Å². The molecule has 9 unspecified atom stereocenters. The van der Waals surface area contributed by atoms with Gasteiger partial charge in [0, 0.05) is 23.8 Å². The van der Waals surface area contributed by atoms with Crippen molar-refractivity contribution in [1.82, 2.24) is 0 Å². The van der Waals surface area contributed by atoms with Gasteiger partial charge >= 0.3 is 5.97 Å². The molecule has 0 bridgehead atoms. The zero-order chi connectivity index (χ0) is 36.6. The first-order valence-corrected chi connectivity index (χ1v) is 15.6. The maximum atomic E-state index is 14.1. The van der Waals surface area contributed by atoms with E-state index in [4.69, 9.17) is 28.1 Å². The molecule has 51 heavy (non-hydrogen) atoms. The minimum atomic E-state index is -1.68. The van der Waals surface area contributed by atoms with E-state index in [9.17, 15) is 50.4 Å². The zero-order valence-electron chi connectivity index (χ0n) is 26.7. The van der Waals surface area contributed by atoms with Crippen LogP contribution in [0.25, 0.3) is 28.4 Å². The number of carbonyl (C=O) groups is 1. The van der Waals surface area contributed by atoms with Crippen LogP contribution in [0.4, 0.5) is 0 Å². The maximum absolute atomic E-state index is 14.1. The van der Waals surface area contributed by atoms with Gasteiger partial charge in [0.05, 0.1) is 12.7 Å². The molecule has 8 N–H and O–H groups in total. The second-order valence-electron chi connectivity index (χ2n) is 11.9. The van der Waals surface area contributed by atoms with Crippen LogP contribution in [0.1, 0.15) is 12.5 Å². The topological polar surface area (TPSA) is 255 Å². The Morgan fingerprint density at radius 2 is 1.49 bits per heavy atom. The molecule has 2 fully saturated rings. The van der Waals surface area contributed by atoms with Crippen molar-refractivity contribution in [2.45, 2.75) is 62.2 Å². The molecule has 270 valence electrons. The van der Waals surface area contributed by atoms with Gasteiger partial charge in [0.15, 0.2) is 11.9 Å². The summed E-state index contributed by atoms with van der Waals surface area (Å²) in [6.45, 7) is 0.738. The highest BCUT2D eigenvalue weighted by Gasteiger charge is 2.48. The van der Waals surface area contributed by atoms with Gasteiger partial charge in [-0.1, -0.05) is 12.1 Å². The number of carbonyl (C=O) groups excluding carboxylic acids is 1. The molecular formula is C35H34O16. The van der Waals surface area contributed by atoms with Crippen LogP contribution in [-0.4, -0.2) is 109 Å². The summed E-state index contributed by atoms with van der Waals surface area (Å²) in [5, 5.41) is 81.2. The fourth-order valence-corrected chi connectivity index (χ4v) is 5.59. The average Bonchev–Trinajstić information content (AvgIpc) is 3.40. The van der Waals surface area contributed by atoms with Gasteiger partial charge in [-0.2, -0.15) is 0 Å². The Bertz CT molecular complexity index is 1960. The van der Waals surface area contributed by atoms with Crippen LogP contribution in [0.2, 0.25) is 0 Å². The molecule has 16 heteroatoms. The fourth-order valence-electron chi connectivity index (χ4n) is 5.59. The van der Waals surface area contributed by atoms with Crippen LogP contribution < -0.4 is 14.9 Å². The number of hydrogen-bond donors (Lipinski definition) is 8. The maximum Gasteiger partial charge on any atom is 0.331 e. The molecule has 4 aromatic rings. The van der Waals surface area contributed by atoms with Crippen LogP contribution in [0, 0.1) is 0 Å². The lowest BCUT2D eigenvalue weighted by atomic mass is 10.00. The van der Waals surface area contributed by atoms with Crippen LogP contribution in [0.5, 0.6) is 28.7 Å². The van der Waals surface area contributed by atoms with E-state index in [1.807, 2.05) is 0 Å². The molecule has 0 amide bonds. The number of aromatic hydroxyl groups is 3. The van der Waals surface area contributed by atoms with E-state index in [0.717, 1.165) is 12.1 Å². The molecule has 2 aliphatic rings. The summed E-state index contributed by atoms with van der Waals surface area (Å²) in [4.78, 5) is 26.8. The summed E-state index contributed by atoms with van der Waals surface area (Å²) < 4.78 is 34.2. The zero-order valence-corrected chi connectivity index (χ0v) is 26.7. The molecule has 2 saturated heterocycles. The lowest BCUT2D eigenvalue weighted by Gasteiger charge is -2.38. The smallest absolute Gasteiger partial charge is 0.331 e. The van der Waals surface area contributed by atoms with Gasteiger partial charge in [-0.3, -0.25) is 4.79 Å². The van der Waals surface area contributed by atoms with Crippen LogP contribution in [0.15, 0.2) is 76.0 Å². The van der Waals surface area contributed by atoms with Crippen molar-refractivity contribution in [3.8, 4) is 40.1 Å². The number of phenols is 3. The van der Waals surface area contributed by atoms with Crippen molar-refractivity contribution in [3.63, 3.8) is 0 Å². The SMILES string of the molecule is CC1OC(Oc2cc(O)c3c(=O)c(OC4OC(CO)C(O)C4OC(=O)C=Cc4ccc(O)cc4)c(-c4ccc(O)cc4)oc3c2)C(O)C(O)C1O. The van der Waals surface area contributed by atoms with Crippen molar-refractivity contribution in [2.75, 3.05) is 6.61 Å². The molecule has 9 atom stereocenters. The van der Waals surface area contributed by atoms with E-state index in [1.165, 1.54) is 67.6 Å². The Labute approximate surface area is 288 Å². The van der Waals surface area contributed by atoms with Gasteiger partial charge < -0.3 is 69.0 Å². The Morgan fingerprint density at radius 3 is 2.16 bits per heavy atom. The average molecular weight is 711 g/mol. The first-order chi connectivity index (χ1) is 24.3. The van der Waals surface area contributed by atoms with Crippen LogP contribution >= 0.6 is 0 Å². The number of fused-ring (bicyclic) bond motifs is 1. The van der Waals surface area contributed by atoms with Crippen molar-refractivity contribution in [1.29, 1.82) is 0 Å². The summed E-state index contributed by atoms with van der Waals surface area (Å²) in [6.07, 6.45) is -10.8. The monoisotopic (exact) mass is 710 g/mol. The van der Waals surface area contributed by atoms with E-state index < -0.39 is 90.2 Å². The summed E-state index contributed by atoms with van der Waals surface area (Å²) in [7, 11) is 0. The third kappa shape index (κ3) is 7.33.